The van der Waals surface area contributed by atoms with E-state index < -0.39 is 17.6 Å². The first-order valence-electron chi connectivity index (χ1n) is 6.77. The first-order chi connectivity index (χ1) is 9.58. The molecule has 0 spiro atoms. The number of carbonyl (C=O) groups excluding carboxylic acids is 2. The van der Waals surface area contributed by atoms with Crippen LogP contribution in [0.3, 0.4) is 0 Å². The Bertz CT molecular complexity index is 546. The summed E-state index contributed by atoms with van der Waals surface area (Å²) in [6.45, 7) is 1.50. The molecule has 0 radical (unpaired) electrons. The molecule has 6 nitrogen and oxygen atoms in total. The van der Waals surface area contributed by atoms with Crippen molar-refractivity contribution in [3.8, 4) is 0 Å². The molecule has 0 unspecified atom stereocenters. The van der Waals surface area contributed by atoms with Crippen LogP contribution < -0.4 is 10.9 Å². The van der Waals surface area contributed by atoms with Crippen molar-refractivity contribution in [3.05, 3.63) is 34.2 Å². The maximum atomic E-state index is 11.9. The fraction of sp³-hybridized carbons (Fsp3) is 0.500. The number of esters is 1. The van der Waals surface area contributed by atoms with Gasteiger partial charge in [-0.2, -0.15) is 0 Å². The van der Waals surface area contributed by atoms with Crippen molar-refractivity contribution in [1.29, 1.82) is 0 Å². The van der Waals surface area contributed by atoms with E-state index in [1.807, 2.05) is 0 Å². The summed E-state index contributed by atoms with van der Waals surface area (Å²) in [5.41, 5.74) is -0.631. The van der Waals surface area contributed by atoms with Crippen molar-refractivity contribution in [2.75, 3.05) is 0 Å². The van der Waals surface area contributed by atoms with Gasteiger partial charge in [-0.15, -0.1) is 0 Å². The zero-order chi connectivity index (χ0) is 14.5. The van der Waals surface area contributed by atoms with Crippen LogP contribution >= 0.6 is 0 Å². The summed E-state index contributed by atoms with van der Waals surface area (Å²) < 4.78 is 5.02. The molecular weight excluding hydrogens is 260 g/mol. The van der Waals surface area contributed by atoms with Crippen LogP contribution in [0.5, 0.6) is 0 Å². The molecule has 1 aromatic heterocycles. The fourth-order valence-electron chi connectivity index (χ4n) is 2.25. The summed E-state index contributed by atoms with van der Waals surface area (Å²) in [5.74, 6) is -1.11. The van der Waals surface area contributed by atoms with E-state index in [4.69, 9.17) is 4.74 Å². The van der Waals surface area contributed by atoms with Gasteiger partial charge in [-0.25, -0.2) is 4.79 Å². The quantitative estimate of drug-likeness (QED) is 0.803. The van der Waals surface area contributed by atoms with Crippen molar-refractivity contribution >= 4 is 11.9 Å². The lowest BCUT2D eigenvalue weighted by Gasteiger charge is -2.16. The fourth-order valence-corrected chi connectivity index (χ4v) is 2.25. The number of rotatable bonds is 4. The third kappa shape index (κ3) is 3.46. The highest BCUT2D eigenvalue weighted by molar-refractivity contribution is 5.91. The molecule has 0 bridgehead atoms. The number of carbonyl (C=O) groups is 2. The summed E-state index contributed by atoms with van der Waals surface area (Å²) in [5, 5.41) is 2.85. The highest BCUT2D eigenvalue weighted by Crippen LogP contribution is 2.17. The van der Waals surface area contributed by atoms with Gasteiger partial charge in [0.2, 0.25) is 0 Å². The number of hydrogen-bond acceptors (Lipinski definition) is 4. The molecule has 1 heterocycles. The van der Waals surface area contributed by atoms with Gasteiger partial charge < -0.3 is 15.0 Å². The molecule has 0 aliphatic heterocycles. The zero-order valence-electron chi connectivity index (χ0n) is 11.3. The van der Waals surface area contributed by atoms with Gasteiger partial charge in [-0.1, -0.05) is 12.8 Å². The number of nitrogens with one attached hydrogen (secondary N) is 2. The van der Waals surface area contributed by atoms with Crippen LogP contribution in [0.1, 0.15) is 43.0 Å². The second kappa shape index (κ2) is 6.36. The molecule has 20 heavy (non-hydrogen) atoms. The van der Waals surface area contributed by atoms with Gasteiger partial charge in [0.15, 0.2) is 6.10 Å². The molecule has 0 saturated heterocycles. The lowest BCUT2D eigenvalue weighted by atomic mass is 10.2. The lowest BCUT2D eigenvalue weighted by molar-refractivity contribution is -0.129. The zero-order valence-corrected chi connectivity index (χ0v) is 11.3. The van der Waals surface area contributed by atoms with E-state index in [2.05, 4.69) is 10.3 Å². The molecular formula is C14H18N2O4. The number of ether oxygens (including phenoxy) is 1. The second-order valence-corrected chi connectivity index (χ2v) is 4.95. The highest BCUT2D eigenvalue weighted by Gasteiger charge is 2.24. The van der Waals surface area contributed by atoms with Crippen molar-refractivity contribution in [2.24, 2.45) is 0 Å². The minimum atomic E-state index is -0.914. The monoisotopic (exact) mass is 278 g/mol. The summed E-state index contributed by atoms with van der Waals surface area (Å²) in [7, 11) is 0. The highest BCUT2D eigenvalue weighted by atomic mass is 16.5. The molecule has 1 aromatic rings. The van der Waals surface area contributed by atoms with Gasteiger partial charge in [-0.05, 0) is 31.9 Å². The smallest absolute Gasteiger partial charge is 0.344 e. The predicted molar refractivity (Wildman–Crippen MR) is 72.3 cm³/mol. The molecule has 1 aliphatic carbocycles. The Hall–Kier alpha value is -2.11. The molecule has 1 atom stereocenters. The van der Waals surface area contributed by atoms with Crippen molar-refractivity contribution < 1.29 is 14.3 Å². The van der Waals surface area contributed by atoms with E-state index in [1.165, 1.54) is 25.3 Å². The summed E-state index contributed by atoms with van der Waals surface area (Å²) >= 11 is 0. The molecule has 1 aliphatic rings. The Labute approximate surface area is 116 Å². The van der Waals surface area contributed by atoms with Crippen molar-refractivity contribution in [3.63, 3.8) is 0 Å². The number of H-pyrrole nitrogens is 1. The van der Waals surface area contributed by atoms with Crippen LogP contribution in [-0.4, -0.2) is 29.0 Å². The Kier molecular flexibility index (Phi) is 4.55. The lowest BCUT2D eigenvalue weighted by Crippen LogP contribution is -2.41. The number of aromatic nitrogens is 1. The van der Waals surface area contributed by atoms with Crippen LogP contribution in [0.25, 0.3) is 0 Å². The Morgan fingerprint density at radius 2 is 2.10 bits per heavy atom. The molecule has 2 N–H and O–H groups in total. The largest absolute Gasteiger partial charge is 0.449 e. The van der Waals surface area contributed by atoms with Gasteiger partial charge in [0.1, 0.15) is 5.56 Å². The molecule has 2 rings (SSSR count). The van der Waals surface area contributed by atoms with Gasteiger partial charge >= 0.3 is 5.97 Å². The molecule has 1 fully saturated rings. The topological polar surface area (TPSA) is 88.3 Å². The van der Waals surface area contributed by atoms with Crippen LogP contribution in [0, 0.1) is 0 Å². The van der Waals surface area contributed by atoms with E-state index in [1.54, 1.807) is 0 Å². The van der Waals surface area contributed by atoms with E-state index in [0.717, 1.165) is 25.7 Å². The molecule has 6 heteroatoms. The maximum Gasteiger partial charge on any atom is 0.344 e. The SMILES string of the molecule is C[C@@H](OC(=O)c1ccc[nH]c1=O)C(=O)NC1CCCC1. The summed E-state index contributed by atoms with van der Waals surface area (Å²) in [6.07, 6.45) is 4.66. The van der Waals surface area contributed by atoms with Crippen LogP contribution in [0.4, 0.5) is 0 Å². The third-order valence-corrected chi connectivity index (χ3v) is 3.39. The Morgan fingerprint density at radius 1 is 1.40 bits per heavy atom. The van der Waals surface area contributed by atoms with E-state index in [9.17, 15) is 14.4 Å². The molecule has 0 aromatic carbocycles. The first kappa shape index (κ1) is 14.3. The number of pyridine rings is 1. The van der Waals surface area contributed by atoms with Gasteiger partial charge in [-0.3, -0.25) is 9.59 Å². The molecule has 1 amide bonds. The minimum absolute atomic E-state index is 0.104. The van der Waals surface area contributed by atoms with Crippen LogP contribution in [0.2, 0.25) is 0 Å². The average molecular weight is 278 g/mol. The number of aromatic amines is 1. The Balaban J connectivity index is 1.91. The second-order valence-electron chi connectivity index (χ2n) is 4.95. The summed E-state index contributed by atoms with van der Waals surface area (Å²) in [6, 6.07) is 3.06. The first-order valence-corrected chi connectivity index (χ1v) is 6.77. The van der Waals surface area contributed by atoms with Gasteiger partial charge in [0.25, 0.3) is 11.5 Å². The van der Waals surface area contributed by atoms with Crippen LogP contribution in [-0.2, 0) is 9.53 Å². The van der Waals surface area contributed by atoms with E-state index in [0.29, 0.717) is 0 Å². The van der Waals surface area contributed by atoms with Crippen molar-refractivity contribution in [1.82, 2.24) is 10.3 Å². The Morgan fingerprint density at radius 3 is 2.75 bits per heavy atom. The van der Waals surface area contributed by atoms with E-state index >= 15 is 0 Å². The molecule has 1 saturated carbocycles. The van der Waals surface area contributed by atoms with Gasteiger partial charge in [0.05, 0.1) is 0 Å². The number of hydrogen-bond donors (Lipinski definition) is 2. The normalized spacial score (nSPS) is 16.6. The summed E-state index contributed by atoms with van der Waals surface area (Å²) in [4.78, 5) is 37.5. The minimum Gasteiger partial charge on any atom is -0.449 e. The maximum absolute atomic E-state index is 11.9. The van der Waals surface area contributed by atoms with E-state index in [-0.39, 0.29) is 17.5 Å². The van der Waals surface area contributed by atoms with Crippen molar-refractivity contribution in [2.45, 2.75) is 44.8 Å². The molecule has 108 valence electrons. The van der Waals surface area contributed by atoms with Crippen LogP contribution in [0.15, 0.2) is 23.1 Å². The standard InChI is InChI=1S/C14H18N2O4/c1-9(12(17)16-10-5-2-3-6-10)20-14(19)11-7-4-8-15-13(11)18/h4,7-10H,2-3,5-6H2,1H3,(H,15,18)(H,16,17)/t9-/m1/s1. The third-order valence-electron chi connectivity index (χ3n) is 3.39. The average Bonchev–Trinajstić information content (AvgIpc) is 2.91. The van der Waals surface area contributed by atoms with Gasteiger partial charge in [0, 0.05) is 12.2 Å². The predicted octanol–water partition coefficient (Wildman–Crippen LogP) is 0.979. The number of amides is 1.